The smallest absolute Gasteiger partial charge is 0.251 e. The van der Waals surface area contributed by atoms with E-state index in [0.29, 0.717) is 12.5 Å². The molecule has 5 rings (SSSR count). The number of carbonyl (C=O) groups is 1. The van der Waals surface area contributed by atoms with Gasteiger partial charge in [0.25, 0.3) is 5.91 Å². The fraction of sp³-hybridized carbons (Fsp3) is 0.267. The number of aromatic nitrogens is 1. The van der Waals surface area contributed by atoms with E-state index < -0.39 is 0 Å². The van der Waals surface area contributed by atoms with E-state index in [2.05, 4.69) is 26.2 Å². The number of aromatic hydroxyl groups is 1. The molecule has 0 atom stereocenters. The predicted octanol–water partition coefficient (Wildman–Crippen LogP) is 4.70. The van der Waals surface area contributed by atoms with E-state index in [1.165, 1.54) is 0 Å². The van der Waals surface area contributed by atoms with Crippen LogP contribution < -0.4 is 5.32 Å². The lowest BCUT2D eigenvalue weighted by molar-refractivity contribution is 0.0948. The van der Waals surface area contributed by atoms with Gasteiger partial charge in [-0.25, -0.2) is 0 Å². The molecule has 2 N–H and O–H groups in total. The Balaban J connectivity index is 1.14. The summed E-state index contributed by atoms with van der Waals surface area (Å²) in [6, 6.07) is 18.9. The molecule has 0 spiro atoms. The van der Waals surface area contributed by atoms with Gasteiger partial charge in [0.05, 0.1) is 0 Å². The Labute approximate surface area is 217 Å². The molecule has 3 heterocycles. The first-order valence-electron chi connectivity index (χ1n) is 12.7. The van der Waals surface area contributed by atoms with Gasteiger partial charge in [-0.3, -0.25) is 9.78 Å². The first-order chi connectivity index (χ1) is 18.2. The molecule has 2 aliphatic rings. The summed E-state index contributed by atoms with van der Waals surface area (Å²) in [6.07, 6.45) is 11.1. The maximum Gasteiger partial charge on any atom is 0.251 e. The van der Waals surface area contributed by atoms with Crippen LogP contribution in [0.3, 0.4) is 0 Å². The molecule has 0 aliphatic carbocycles. The quantitative estimate of drug-likeness (QED) is 0.471. The zero-order valence-electron chi connectivity index (χ0n) is 20.8. The van der Waals surface area contributed by atoms with E-state index in [0.717, 1.165) is 67.0 Å². The minimum absolute atomic E-state index is 0.0247. The molecule has 0 bridgehead atoms. The largest absolute Gasteiger partial charge is 0.508 e. The van der Waals surface area contributed by atoms with Crippen LogP contribution in [0.15, 0.2) is 91.7 Å². The summed E-state index contributed by atoms with van der Waals surface area (Å²) in [5, 5.41) is 12.8. The zero-order valence-corrected chi connectivity index (χ0v) is 20.8. The second-order valence-electron chi connectivity index (χ2n) is 9.43. The van der Waals surface area contributed by atoms with Crippen molar-refractivity contribution in [3.8, 4) is 5.75 Å². The number of carbonyl (C=O) groups excluding carboxylic acids is 1. The summed E-state index contributed by atoms with van der Waals surface area (Å²) in [7, 11) is 0. The minimum atomic E-state index is -0.0247. The van der Waals surface area contributed by atoms with Crippen molar-refractivity contribution in [2.45, 2.75) is 25.3 Å². The van der Waals surface area contributed by atoms with E-state index in [4.69, 9.17) is 4.74 Å². The van der Waals surface area contributed by atoms with Gasteiger partial charge in [-0.15, -0.1) is 0 Å². The van der Waals surface area contributed by atoms with Crippen LogP contribution in [0.1, 0.15) is 45.8 Å². The maximum absolute atomic E-state index is 13.0. The van der Waals surface area contributed by atoms with Gasteiger partial charge in [0.1, 0.15) is 17.8 Å². The molecule has 1 aromatic heterocycles. The number of piperidine rings is 1. The second-order valence-corrected chi connectivity index (χ2v) is 9.43. The Morgan fingerprint density at radius 2 is 1.84 bits per heavy atom. The first-order valence-corrected chi connectivity index (χ1v) is 12.7. The van der Waals surface area contributed by atoms with Gasteiger partial charge in [-0.05, 0) is 73.3 Å². The van der Waals surface area contributed by atoms with Crippen LogP contribution in [0.4, 0.5) is 0 Å². The van der Waals surface area contributed by atoms with Crippen molar-refractivity contribution in [2.75, 3.05) is 26.2 Å². The SMILES string of the molecule is O=C(NCc1ccncc1)c1ccccc1C1CCN(CCN2C=COC(c3cccc(O)c3)=C2)CC1. The lowest BCUT2D eigenvalue weighted by Gasteiger charge is -2.34. The fourth-order valence-corrected chi connectivity index (χ4v) is 4.91. The summed E-state index contributed by atoms with van der Waals surface area (Å²) < 4.78 is 5.66. The summed E-state index contributed by atoms with van der Waals surface area (Å²) in [4.78, 5) is 21.6. The molecule has 7 nitrogen and oxygen atoms in total. The predicted molar refractivity (Wildman–Crippen MR) is 143 cm³/mol. The fourth-order valence-electron chi connectivity index (χ4n) is 4.91. The van der Waals surface area contributed by atoms with Crippen molar-refractivity contribution in [3.05, 3.63) is 114 Å². The highest BCUT2D eigenvalue weighted by Gasteiger charge is 2.24. The van der Waals surface area contributed by atoms with Crippen molar-refractivity contribution in [3.63, 3.8) is 0 Å². The van der Waals surface area contributed by atoms with Gasteiger partial charge < -0.3 is 25.0 Å². The number of likely N-dealkylation sites (tertiary alicyclic amines) is 1. The van der Waals surface area contributed by atoms with Gasteiger partial charge in [-0.2, -0.15) is 0 Å². The number of hydrogen-bond donors (Lipinski definition) is 2. The van der Waals surface area contributed by atoms with Crippen molar-refractivity contribution in [1.82, 2.24) is 20.1 Å². The van der Waals surface area contributed by atoms with Gasteiger partial charge in [0.2, 0.25) is 0 Å². The van der Waals surface area contributed by atoms with Gasteiger partial charge >= 0.3 is 0 Å². The molecule has 0 saturated carbocycles. The van der Waals surface area contributed by atoms with Crippen LogP contribution in [0.2, 0.25) is 0 Å². The lowest BCUT2D eigenvalue weighted by Crippen LogP contribution is -2.37. The van der Waals surface area contributed by atoms with Crippen molar-refractivity contribution in [2.24, 2.45) is 0 Å². The van der Waals surface area contributed by atoms with E-state index in [1.807, 2.05) is 54.9 Å². The summed E-state index contributed by atoms with van der Waals surface area (Å²) in [5.41, 5.74) is 3.80. The Kier molecular flexibility index (Phi) is 7.81. The number of amides is 1. The highest BCUT2D eigenvalue weighted by molar-refractivity contribution is 5.95. The molecule has 3 aromatic rings. The molecule has 1 fully saturated rings. The monoisotopic (exact) mass is 496 g/mol. The molecule has 0 radical (unpaired) electrons. The van der Waals surface area contributed by atoms with Gasteiger partial charge in [-0.1, -0.05) is 30.3 Å². The Morgan fingerprint density at radius 3 is 2.65 bits per heavy atom. The van der Waals surface area contributed by atoms with Gasteiger partial charge in [0.15, 0.2) is 0 Å². The van der Waals surface area contributed by atoms with E-state index in [1.54, 1.807) is 30.8 Å². The third-order valence-corrected chi connectivity index (χ3v) is 6.97. The third kappa shape index (κ3) is 6.37. The number of hydrogen-bond acceptors (Lipinski definition) is 6. The highest BCUT2D eigenvalue weighted by atomic mass is 16.5. The average molecular weight is 497 g/mol. The second kappa shape index (κ2) is 11.8. The molecular formula is C30H32N4O3. The van der Waals surface area contributed by atoms with Crippen molar-refractivity contribution >= 4 is 11.7 Å². The van der Waals surface area contributed by atoms with Crippen LogP contribution in [-0.4, -0.2) is 52.0 Å². The van der Waals surface area contributed by atoms with Crippen molar-refractivity contribution < 1.29 is 14.6 Å². The number of nitrogens with zero attached hydrogens (tertiary/aromatic N) is 3. The highest BCUT2D eigenvalue weighted by Crippen LogP contribution is 2.31. The van der Waals surface area contributed by atoms with E-state index in [-0.39, 0.29) is 11.7 Å². The number of phenolic OH excluding ortho intramolecular Hbond substituents is 1. The molecule has 37 heavy (non-hydrogen) atoms. The normalized spacial score (nSPS) is 16.2. The van der Waals surface area contributed by atoms with Crippen LogP contribution >= 0.6 is 0 Å². The topological polar surface area (TPSA) is 77.9 Å². The Hall–Kier alpha value is -4.10. The van der Waals surface area contributed by atoms with Crippen LogP contribution in [0.25, 0.3) is 5.76 Å². The number of ether oxygens (including phenoxy) is 1. The Morgan fingerprint density at radius 1 is 1.03 bits per heavy atom. The molecule has 2 aromatic carbocycles. The van der Waals surface area contributed by atoms with Crippen LogP contribution in [0, 0.1) is 0 Å². The molecule has 190 valence electrons. The minimum Gasteiger partial charge on any atom is -0.508 e. The zero-order chi connectivity index (χ0) is 25.5. The lowest BCUT2D eigenvalue weighted by atomic mass is 9.86. The number of phenols is 1. The molecule has 2 aliphatic heterocycles. The van der Waals surface area contributed by atoms with Crippen LogP contribution in [0.5, 0.6) is 5.75 Å². The number of nitrogens with one attached hydrogen (secondary N) is 1. The van der Waals surface area contributed by atoms with Gasteiger partial charge in [0, 0.05) is 55.6 Å². The summed E-state index contributed by atoms with van der Waals surface area (Å²) in [6.45, 7) is 4.27. The molecule has 0 unspecified atom stereocenters. The van der Waals surface area contributed by atoms with Crippen molar-refractivity contribution in [1.29, 1.82) is 0 Å². The number of rotatable bonds is 8. The maximum atomic E-state index is 13.0. The molecule has 7 heteroatoms. The number of benzene rings is 2. The molecule has 1 amide bonds. The molecule has 1 saturated heterocycles. The van der Waals surface area contributed by atoms with E-state index in [9.17, 15) is 9.90 Å². The standard InChI is InChI=1S/C30H32N4O3/c35-26-5-3-4-25(20-26)29-22-34(18-19-37-29)17-16-33-14-10-24(11-15-33)27-6-1-2-7-28(27)30(36)32-21-23-8-12-31-13-9-23/h1-9,12-13,18-20,22,24,35H,10-11,14-17,21H2,(H,32,36). The first kappa shape index (κ1) is 24.6. The molecular weight excluding hydrogens is 464 g/mol. The third-order valence-electron chi connectivity index (χ3n) is 6.97. The summed E-state index contributed by atoms with van der Waals surface area (Å²) in [5.74, 6) is 1.29. The average Bonchev–Trinajstić information content (AvgIpc) is 2.96. The van der Waals surface area contributed by atoms with E-state index >= 15 is 0 Å². The summed E-state index contributed by atoms with van der Waals surface area (Å²) >= 11 is 0. The van der Waals surface area contributed by atoms with Crippen LogP contribution in [-0.2, 0) is 11.3 Å². The number of pyridine rings is 1. The Bertz CT molecular complexity index is 1270.